The van der Waals surface area contributed by atoms with Crippen molar-refractivity contribution in [3.8, 4) is 0 Å². The van der Waals surface area contributed by atoms with Crippen molar-refractivity contribution in [1.82, 2.24) is 4.90 Å². The number of aliphatic hydroxyl groups is 1. The number of halogens is 1. The van der Waals surface area contributed by atoms with Crippen LogP contribution in [0.2, 0.25) is 5.02 Å². The molecule has 0 aliphatic carbocycles. The molecule has 0 spiro atoms. The Morgan fingerprint density at radius 3 is 3.00 bits per heavy atom. The van der Waals surface area contributed by atoms with Crippen LogP contribution in [0.3, 0.4) is 0 Å². The Labute approximate surface area is 171 Å². The van der Waals surface area contributed by atoms with Gasteiger partial charge in [0, 0.05) is 31.0 Å². The van der Waals surface area contributed by atoms with Crippen molar-refractivity contribution in [1.29, 1.82) is 0 Å². The third-order valence-electron chi connectivity index (χ3n) is 4.68. The summed E-state index contributed by atoms with van der Waals surface area (Å²) in [5.74, 6) is -0.337. The molecule has 1 aliphatic heterocycles. The van der Waals surface area contributed by atoms with Crippen LogP contribution >= 0.6 is 11.6 Å². The van der Waals surface area contributed by atoms with Crippen LogP contribution in [0.25, 0.3) is 0 Å². The summed E-state index contributed by atoms with van der Waals surface area (Å²) < 4.78 is 5.15. The zero-order valence-corrected chi connectivity index (χ0v) is 16.8. The maximum atomic E-state index is 12.3. The normalized spacial score (nSPS) is 18.6. The molecule has 1 saturated heterocycles. The smallest absolute Gasteiger partial charge is 0.243 e. The maximum absolute atomic E-state index is 12.3. The van der Waals surface area contributed by atoms with Crippen molar-refractivity contribution >= 4 is 23.4 Å². The second kappa shape index (κ2) is 11.8. The molecule has 2 atom stereocenters. The summed E-state index contributed by atoms with van der Waals surface area (Å²) in [6, 6.07) is 7.44. The summed E-state index contributed by atoms with van der Waals surface area (Å²) in [5, 5.41) is 11.0. The summed E-state index contributed by atoms with van der Waals surface area (Å²) >= 11 is 5.98. The lowest BCUT2D eigenvalue weighted by Crippen LogP contribution is -2.43. The first-order valence-electron chi connectivity index (χ1n) is 9.72. The van der Waals surface area contributed by atoms with Gasteiger partial charge in [-0.1, -0.05) is 35.9 Å². The average molecular weight is 409 g/mol. The number of primary amides is 1. The molecule has 6 nitrogen and oxygen atoms in total. The van der Waals surface area contributed by atoms with E-state index in [1.54, 1.807) is 12.1 Å². The van der Waals surface area contributed by atoms with Gasteiger partial charge in [0.1, 0.15) is 6.61 Å². The fourth-order valence-corrected chi connectivity index (χ4v) is 3.54. The zero-order chi connectivity index (χ0) is 20.4. The topological polar surface area (TPSA) is 92.9 Å². The molecule has 1 aromatic rings. The van der Waals surface area contributed by atoms with Gasteiger partial charge in [-0.3, -0.25) is 9.59 Å². The Morgan fingerprint density at radius 2 is 2.25 bits per heavy atom. The van der Waals surface area contributed by atoms with Crippen LogP contribution in [0.1, 0.15) is 37.7 Å². The highest BCUT2D eigenvalue weighted by Crippen LogP contribution is 2.20. The second-order valence-corrected chi connectivity index (χ2v) is 7.50. The highest BCUT2D eigenvalue weighted by molar-refractivity contribution is 6.30. The standard InChI is InChI=1S/C21H29ClN2O4/c22-17-6-3-5-16(13-17)14-19(25)10-9-18-7-4-8-21(27)24(18)11-1-2-12-28-15-20(23)26/h3,5-6,9-10,13,18-19,25H,1-2,4,7-8,11-12,14-15H2,(H2,23,26)/b10-9+. The summed E-state index contributed by atoms with van der Waals surface area (Å²) in [4.78, 5) is 24.8. The number of piperidine rings is 1. The lowest BCUT2D eigenvalue weighted by molar-refractivity contribution is -0.135. The van der Waals surface area contributed by atoms with Gasteiger partial charge < -0.3 is 20.5 Å². The van der Waals surface area contributed by atoms with E-state index in [0.29, 0.717) is 31.0 Å². The van der Waals surface area contributed by atoms with Crippen molar-refractivity contribution in [3.05, 3.63) is 47.0 Å². The molecule has 28 heavy (non-hydrogen) atoms. The minimum absolute atomic E-state index is 0.00167. The number of unbranched alkanes of at least 4 members (excludes halogenated alkanes) is 1. The Morgan fingerprint density at radius 1 is 1.43 bits per heavy atom. The van der Waals surface area contributed by atoms with Gasteiger partial charge >= 0.3 is 0 Å². The molecule has 3 N–H and O–H groups in total. The molecule has 2 amide bonds. The molecule has 0 radical (unpaired) electrons. The van der Waals surface area contributed by atoms with E-state index >= 15 is 0 Å². The fourth-order valence-electron chi connectivity index (χ4n) is 3.33. The molecule has 0 aromatic heterocycles. The van der Waals surface area contributed by atoms with Crippen molar-refractivity contribution in [2.24, 2.45) is 5.73 Å². The monoisotopic (exact) mass is 408 g/mol. The number of amides is 2. The molecule has 1 fully saturated rings. The predicted octanol–water partition coefficient (Wildman–Crippen LogP) is 2.46. The number of nitrogens with two attached hydrogens (primary N) is 1. The minimum Gasteiger partial charge on any atom is -0.389 e. The first-order valence-corrected chi connectivity index (χ1v) is 10.1. The van der Waals surface area contributed by atoms with Gasteiger partial charge in [-0.05, 0) is 43.4 Å². The van der Waals surface area contributed by atoms with E-state index in [2.05, 4.69) is 0 Å². The van der Waals surface area contributed by atoms with Crippen LogP contribution in [0.4, 0.5) is 0 Å². The Hall–Kier alpha value is -1.89. The van der Waals surface area contributed by atoms with E-state index in [-0.39, 0.29) is 18.6 Å². The van der Waals surface area contributed by atoms with Gasteiger partial charge in [0.25, 0.3) is 0 Å². The number of hydrogen-bond donors (Lipinski definition) is 2. The predicted molar refractivity (Wildman–Crippen MR) is 109 cm³/mol. The molecular formula is C21H29ClN2O4. The molecule has 2 rings (SSSR count). The number of hydrogen-bond acceptors (Lipinski definition) is 4. The van der Waals surface area contributed by atoms with Gasteiger partial charge in [0.05, 0.1) is 12.1 Å². The van der Waals surface area contributed by atoms with E-state index < -0.39 is 12.0 Å². The lowest BCUT2D eigenvalue weighted by Gasteiger charge is -2.34. The van der Waals surface area contributed by atoms with Crippen LogP contribution in [0.15, 0.2) is 36.4 Å². The SMILES string of the molecule is NC(=O)COCCCCN1C(=O)CCCC1/C=C/C(O)Cc1cccc(Cl)c1. The Bertz CT molecular complexity index is 680. The van der Waals surface area contributed by atoms with Crippen LogP contribution in [0, 0.1) is 0 Å². The Balaban J connectivity index is 1.82. The number of likely N-dealkylation sites (tertiary alicyclic amines) is 1. The summed E-state index contributed by atoms with van der Waals surface area (Å²) in [7, 11) is 0. The van der Waals surface area contributed by atoms with Crippen LogP contribution < -0.4 is 5.73 Å². The van der Waals surface area contributed by atoms with Crippen molar-refractivity contribution < 1.29 is 19.4 Å². The number of carbonyl (C=O) groups is 2. The molecule has 1 aromatic carbocycles. The molecule has 2 unspecified atom stereocenters. The van der Waals surface area contributed by atoms with E-state index in [4.69, 9.17) is 22.1 Å². The molecule has 1 heterocycles. The Kier molecular flexibility index (Phi) is 9.47. The number of carbonyl (C=O) groups excluding carboxylic acids is 2. The van der Waals surface area contributed by atoms with Gasteiger partial charge in [-0.15, -0.1) is 0 Å². The lowest BCUT2D eigenvalue weighted by atomic mass is 9.99. The van der Waals surface area contributed by atoms with Gasteiger partial charge in [0.15, 0.2) is 0 Å². The molecule has 0 bridgehead atoms. The number of aliphatic hydroxyl groups excluding tert-OH is 1. The minimum atomic E-state index is -0.625. The third kappa shape index (κ3) is 8.00. The van der Waals surface area contributed by atoms with E-state index in [1.807, 2.05) is 29.2 Å². The number of benzene rings is 1. The average Bonchev–Trinajstić information content (AvgIpc) is 2.64. The van der Waals surface area contributed by atoms with Gasteiger partial charge in [0.2, 0.25) is 11.8 Å². The van der Waals surface area contributed by atoms with Crippen LogP contribution in [0.5, 0.6) is 0 Å². The first kappa shape index (κ1) is 22.4. The zero-order valence-electron chi connectivity index (χ0n) is 16.1. The number of ether oxygens (including phenoxy) is 1. The van der Waals surface area contributed by atoms with Gasteiger partial charge in [-0.25, -0.2) is 0 Å². The van der Waals surface area contributed by atoms with Crippen molar-refractivity contribution in [2.45, 2.75) is 50.7 Å². The number of nitrogens with zero attached hydrogens (tertiary/aromatic N) is 1. The van der Waals surface area contributed by atoms with Crippen molar-refractivity contribution in [2.75, 3.05) is 19.8 Å². The third-order valence-corrected chi connectivity index (χ3v) is 4.92. The first-order chi connectivity index (χ1) is 13.5. The van der Waals surface area contributed by atoms with E-state index in [0.717, 1.165) is 31.2 Å². The molecule has 1 aliphatic rings. The second-order valence-electron chi connectivity index (χ2n) is 7.06. The molecule has 154 valence electrons. The highest BCUT2D eigenvalue weighted by atomic mass is 35.5. The van der Waals surface area contributed by atoms with Crippen LogP contribution in [-0.2, 0) is 20.7 Å². The quantitative estimate of drug-likeness (QED) is 0.434. The van der Waals surface area contributed by atoms with Gasteiger partial charge in [-0.2, -0.15) is 0 Å². The summed E-state index contributed by atoms with van der Waals surface area (Å²) in [5.41, 5.74) is 5.99. The van der Waals surface area contributed by atoms with Crippen molar-refractivity contribution in [3.63, 3.8) is 0 Å². The molecular weight excluding hydrogens is 380 g/mol. The maximum Gasteiger partial charge on any atom is 0.243 e. The largest absolute Gasteiger partial charge is 0.389 e. The summed E-state index contributed by atoms with van der Waals surface area (Å²) in [6.45, 7) is 1.01. The molecule has 7 heteroatoms. The molecule has 0 saturated carbocycles. The summed E-state index contributed by atoms with van der Waals surface area (Å²) in [6.07, 6.45) is 7.43. The highest BCUT2D eigenvalue weighted by Gasteiger charge is 2.25. The van der Waals surface area contributed by atoms with Crippen LogP contribution in [-0.4, -0.2) is 53.7 Å². The fraction of sp³-hybridized carbons (Fsp3) is 0.524. The van der Waals surface area contributed by atoms with E-state index in [1.165, 1.54) is 0 Å². The van der Waals surface area contributed by atoms with E-state index in [9.17, 15) is 14.7 Å². The number of rotatable bonds is 11.